The molecule has 0 saturated carbocycles. The van der Waals surface area contributed by atoms with Gasteiger partial charge >= 0.3 is 6.03 Å². The summed E-state index contributed by atoms with van der Waals surface area (Å²) in [5.74, 6) is -0.257. The fraction of sp³-hybridized carbons (Fsp3) is 0.300. The highest BCUT2D eigenvalue weighted by Gasteiger charge is 2.25. The van der Waals surface area contributed by atoms with Crippen LogP contribution in [-0.2, 0) is 4.79 Å². The molecule has 0 spiro atoms. The molecule has 3 N–H and O–H groups in total. The predicted molar refractivity (Wildman–Crippen MR) is 108 cm³/mol. The van der Waals surface area contributed by atoms with E-state index in [2.05, 4.69) is 31.9 Å². The van der Waals surface area contributed by atoms with E-state index in [0.29, 0.717) is 5.69 Å². The van der Waals surface area contributed by atoms with E-state index in [9.17, 15) is 9.59 Å². The fourth-order valence-electron chi connectivity index (χ4n) is 2.50. The first-order valence-electron chi connectivity index (χ1n) is 8.55. The number of hydrogen-bond acceptors (Lipinski definition) is 2. The maximum absolute atomic E-state index is 12.7. The molecule has 2 unspecified atom stereocenters. The molecular formula is C20H24BrN3O2. The molecule has 0 radical (unpaired) electrons. The number of carbonyl (C=O) groups excluding carboxylic acids is 2. The third-order valence-electron chi connectivity index (χ3n) is 4.00. The van der Waals surface area contributed by atoms with Crippen LogP contribution in [0.2, 0.25) is 0 Å². The molecule has 0 aliphatic carbocycles. The van der Waals surface area contributed by atoms with Crippen molar-refractivity contribution in [3.8, 4) is 0 Å². The molecule has 2 aromatic rings. The van der Waals surface area contributed by atoms with E-state index in [4.69, 9.17) is 0 Å². The van der Waals surface area contributed by atoms with Crippen molar-refractivity contribution in [3.05, 3.63) is 64.6 Å². The number of nitrogens with one attached hydrogen (secondary N) is 3. The molecule has 0 bridgehead atoms. The molecule has 0 aromatic heterocycles. The van der Waals surface area contributed by atoms with Gasteiger partial charge < -0.3 is 16.0 Å². The van der Waals surface area contributed by atoms with Crippen LogP contribution in [0.5, 0.6) is 0 Å². The van der Waals surface area contributed by atoms with Crippen molar-refractivity contribution in [2.24, 2.45) is 5.92 Å². The summed E-state index contributed by atoms with van der Waals surface area (Å²) in [6.07, 6.45) is 0. The number of urea groups is 1. The van der Waals surface area contributed by atoms with Gasteiger partial charge in [-0.3, -0.25) is 4.79 Å². The predicted octanol–water partition coefficient (Wildman–Crippen LogP) is 4.47. The number of anilines is 1. The van der Waals surface area contributed by atoms with Gasteiger partial charge in [0.25, 0.3) is 0 Å². The van der Waals surface area contributed by atoms with Crippen molar-refractivity contribution in [2.45, 2.75) is 32.9 Å². The van der Waals surface area contributed by atoms with Gasteiger partial charge in [0.15, 0.2) is 0 Å². The lowest BCUT2D eigenvalue weighted by Gasteiger charge is -2.24. The highest BCUT2D eigenvalue weighted by Crippen LogP contribution is 2.17. The minimum Gasteiger partial charge on any atom is -0.348 e. The standard InChI is InChI=1S/C20H24BrN3O2/c1-13(2)18(24-20(26)23-17-7-5-4-6-8-17)19(25)22-14(3)15-9-11-16(21)12-10-15/h4-14,18H,1-3H3,(H,22,25)(H2,23,24,26). The Morgan fingerprint density at radius 3 is 2.08 bits per heavy atom. The molecule has 0 saturated heterocycles. The zero-order chi connectivity index (χ0) is 19.1. The summed E-state index contributed by atoms with van der Waals surface area (Å²) in [7, 11) is 0. The summed E-state index contributed by atoms with van der Waals surface area (Å²) in [6.45, 7) is 5.72. The maximum Gasteiger partial charge on any atom is 0.319 e. The Hall–Kier alpha value is -2.34. The van der Waals surface area contributed by atoms with Crippen molar-refractivity contribution in [1.29, 1.82) is 0 Å². The number of halogens is 1. The summed E-state index contributed by atoms with van der Waals surface area (Å²) >= 11 is 3.40. The van der Waals surface area contributed by atoms with Gasteiger partial charge in [-0.25, -0.2) is 4.79 Å². The summed E-state index contributed by atoms with van der Waals surface area (Å²) in [5.41, 5.74) is 1.67. The van der Waals surface area contributed by atoms with Crippen LogP contribution in [0.1, 0.15) is 32.4 Å². The number of para-hydroxylation sites is 1. The van der Waals surface area contributed by atoms with Crippen LogP contribution in [0.15, 0.2) is 59.1 Å². The van der Waals surface area contributed by atoms with Gasteiger partial charge in [0.2, 0.25) is 5.91 Å². The van der Waals surface area contributed by atoms with Crippen LogP contribution in [0, 0.1) is 5.92 Å². The molecule has 26 heavy (non-hydrogen) atoms. The van der Waals surface area contributed by atoms with E-state index in [1.165, 1.54) is 0 Å². The molecule has 0 aliphatic heterocycles. The van der Waals surface area contributed by atoms with Gasteiger partial charge in [-0.15, -0.1) is 0 Å². The zero-order valence-corrected chi connectivity index (χ0v) is 16.7. The minimum atomic E-state index is -0.628. The van der Waals surface area contributed by atoms with Crippen molar-refractivity contribution in [2.75, 3.05) is 5.32 Å². The van der Waals surface area contributed by atoms with Gasteiger partial charge in [0, 0.05) is 10.2 Å². The quantitative estimate of drug-likeness (QED) is 0.648. The SMILES string of the molecule is CC(NC(=O)C(NC(=O)Nc1ccccc1)C(C)C)c1ccc(Br)cc1. The molecule has 2 atom stereocenters. The average molecular weight is 418 g/mol. The van der Waals surface area contributed by atoms with E-state index in [1.807, 2.05) is 63.2 Å². The topological polar surface area (TPSA) is 70.2 Å². The van der Waals surface area contributed by atoms with Crippen LogP contribution in [0.4, 0.5) is 10.5 Å². The van der Waals surface area contributed by atoms with Crippen LogP contribution < -0.4 is 16.0 Å². The molecule has 0 aliphatic rings. The second kappa shape index (κ2) is 9.38. The van der Waals surface area contributed by atoms with Crippen LogP contribution >= 0.6 is 15.9 Å². The lowest BCUT2D eigenvalue weighted by atomic mass is 10.0. The Balaban J connectivity index is 1.98. The van der Waals surface area contributed by atoms with Gasteiger partial charge in [-0.1, -0.05) is 60.1 Å². The monoisotopic (exact) mass is 417 g/mol. The Bertz CT molecular complexity index is 732. The Morgan fingerprint density at radius 2 is 1.50 bits per heavy atom. The van der Waals surface area contributed by atoms with Crippen molar-refractivity contribution in [3.63, 3.8) is 0 Å². The second-order valence-electron chi connectivity index (χ2n) is 6.47. The molecule has 5 nitrogen and oxygen atoms in total. The summed E-state index contributed by atoms with van der Waals surface area (Å²) in [5, 5.41) is 8.47. The van der Waals surface area contributed by atoms with Crippen molar-refractivity contribution in [1.82, 2.24) is 10.6 Å². The van der Waals surface area contributed by atoms with Gasteiger partial charge in [0.05, 0.1) is 6.04 Å². The van der Waals surface area contributed by atoms with E-state index in [-0.39, 0.29) is 17.9 Å². The van der Waals surface area contributed by atoms with Crippen LogP contribution in [0.3, 0.4) is 0 Å². The number of hydrogen-bond donors (Lipinski definition) is 3. The lowest BCUT2D eigenvalue weighted by molar-refractivity contribution is -0.124. The maximum atomic E-state index is 12.7. The number of carbonyl (C=O) groups is 2. The molecule has 3 amide bonds. The number of rotatable bonds is 6. The van der Waals surface area contributed by atoms with E-state index in [1.54, 1.807) is 12.1 Å². The average Bonchev–Trinajstić information content (AvgIpc) is 2.60. The van der Waals surface area contributed by atoms with Gasteiger partial charge in [0.1, 0.15) is 6.04 Å². The highest BCUT2D eigenvalue weighted by atomic mass is 79.9. The van der Waals surface area contributed by atoms with Crippen LogP contribution in [-0.4, -0.2) is 18.0 Å². The molecule has 2 aromatic carbocycles. The zero-order valence-electron chi connectivity index (χ0n) is 15.1. The first kappa shape index (κ1) is 20.0. The first-order chi connectivity index (χ1) is 12.4. The molecule has 6 heteroatoms. The third kappa shape index (κ3) is 5.88. The summed E-state index contributed by atoms with van der Waals surface area (Å²) < 4.78 is 0.985. The fourth-order valence-corrected chi connectivity index (χ4v) is 2.77. The second-order valence-corrected chi connectivity index (χ2v) is 7.38. The normalized spacial score (nSPS) is 13.0. The largest absolute Gasteiger partial charge is 0.348 e. The molecule has 2 rings (SSSR count). The Kier molecular flexibility index (Phi) is 7.21. The Labute approximate surface area is 162 Å². The van der Waals surface area contributed by atoms with Gasteiger partial charge in [-0.05, 0) is 42.7 Å². The smallest absolute Gasteiger partial charge is 0.319 e. The molecule has 0 heterocycles. The number of benzene rings is 2. The summed E-state index contributed by atoms with van der Waals surface area (Å²) in [6, 6.07) is 15.7. The first-order valence-corrected chi connectivity index (χ1v) is 9.34. The van der Waals surface area contributed by atoms with E-state index < -0.39 is 12.1 Å². The molecular weight excluding hydrogens is 394 g/mol. The van der Waals surface area contributed by atoms with Crippen molar-refractivity contribution < 1.29 is 9.59 Å². The minimum absolute atomic E-state index is 0.0476. The molecule has 138 valence electrons. The highest BCUT2D eigenvalue weighted by molar-refractivity contribution is 9.10. The third-order valence-corrected chi connectivity index (χ3v) is 4.52. The Morgan fingerprint density at radius 1 is 0.885 bits per heavy atom. The van der Waals surface area contributed by atoms with Gasteiger partial charge in [-0.2, -0.15) is 0 Å². The van der Waals surface area contributed by atoms with Crippen molar-refractivity contribution >= 4 is 33.6 Å². The van der Waals surface area contributed by atoms with Crippen LogP contribution in [0.25, 0.3) is 0 Å². The van der Waals surface area contributed by atoms with E-state index >= 15 is 0 Å². The molecule has 0 fully saturated rings. The number of amides is 3. The van der Waals surface area contributed by atoms with E-state index in [0.717, 1.165) is 10.0 Å². The summed E-state index contributed by atoms with van der Waals surface area (Å²) in [4.78, 5) is 24.9. The lowest BCUT2D eigenvalue weighted by Crippen LogP contribution is -2.51.